The van der Waals surface area contributed by atoms with Gasteiger partial charge in [-0.15, -0.1) is 0 Å². The second-order valence-electron chi connectivity index (χ2n) is 6.78. The first kappa shape index (κ1) is 19.3. The highest BCUT2D eigenvalue weighted by Crippen LogP contribution is 2.23. The number of aromatic nitrogens is 2. The van der Waals surface area contributed by atoms with Gasteiger partial charge < -0.3 is 9.80 Å². The maximum Gasteiger partial charge on any atom is 0.223 e. The van der Waals surface area contributed by atoms with E-state index in [0.29, 0.717) is 37.4 Å². The van der Waals surface area contributed by atoms with Gasteiger partial charge in [-0.25, -0.2) is 17.4 Å². The molecule has 1 saturated heterocycles. The van der Waals surface area contributed by atoms with Gasteiger partial charge in [0.2, 0.25) is 5.91 Å². The average molecular weight is 418 g/mol. The predicted octanol–water partition coefficient (Wildman–Crippen LogP) is 1.87. The van der Waals surface area contributed by atoms with Crippen LogP contribution < -0.4 is 4.90 Å². The molecule has 1 fully saturated rings. The van der Waals surface area contributed by atoms with Crippen LogP contribution in [0.4, 0.5) is 10.1 Å². The minimum Gasteiger partial charge on any atom is -0.366 e. The summed E-state index contributed by atoms with van der Waals surface area (Å²) in [6.07, 6.45) is -0.135. The topological polar surface area (TPSA) is 96.6 Å². The molecule has 0 aliphatic carbocycles. The van der Waals surface area contributed by atoms with Crippen LogP contribution in [0.3, 0.4) is 0 Å². The lowest BCUT2D eigenvalue weighted by molar-refractivity contribution is -0.131. The lowest BCUT2D eigenvalue weighted by Gasteiger charge is -2.36. The van der Waals surface area contributed by atoms with Crippen molar-refractivity contribution in [3.8, 4) is 0 Å². The van der Waals surface area contributed by atoms with Crippen LogP contribution in [0, 0.1) is 5.82 Å². The molecule has 0 N–H and O–H groups in total. The minimum absolute atomic E-state index is 0.00780. The van der Waals surface area contributed by atoms with E-state index < -0.39 is 9.84 Å². The van der Waals surface area contributed by atoms with Crippen molar-refractivity contribution >= 4 is 32.5 Å². The fourth-order valence-electron chi connectivity index (χ4n) is 3.43. The van der Waals surface area contributed by atoms with Gasteiger partial charge in [-0.05, 0) is 34.6 Å². The second kappa shape index (κ2) is 7.78. The van der Waals surface area contributed by atoms with Gasteiger partial charge >= 0.3 is 0 Å². The zero-order valence-corrected chi connectivity index (χ0v) is 16.3. The highest BCUT2D eigenvalue weighted by atomic mass is 32.2. The monoisotopic (exact) mass is 418 g/mol. The number of hydrogen-bond donors (Lipinski definition) is 0. The lowest BCUT2D eigenvalue weighted by Crippen LogP contribution is -2.49. The molecular formula is C19H19FN4O4S. The van der Waals surface area contributed by atoms with Gasteiger partial charge in [0.1, 0.15) is 11.3 Å². The molecule has 2 heterocycles. The van der Waals surface area contributed by atoms with Crippen molar-refractivity contribution in [2.24, 2.45) is 0 Å². The third-order valence-electron chi connectivity index (χ3n) is 4.99. The number of nitrogens with zero attached hydrogens (tertiary/aromatic N) is 4. The molecule has 10 heteroatoms. The van der Waals surface area contributed by atoms with Crippen molar-refractivity contribution in [3.05, 3.63) is 48.3 Å². The Kier molecular flexibility index (Phi) is 5.18. The summed E-state index contributed by atoms with van der Waals surface area (Å²) in [5.74, 6) is -0.868. The van der Waals surface area contributed by atoms with E-state index in [0.717, 1.165) is 0 Å². The van der Waals surface area contributed by atoms with Crippen molar-refractivity contribution in [3.63, 3.8) is 0 Å². The molecule has 3 aromatic rings. The van der Waals surface area contributed by atoms with E-state index in [1.54, 1.807) is 35.2 Å². The minimum atomic E-state index is -3.72. The highest BCUT2D eigenvalue weighted by molar-refractivity contribution is 7.91. The van der Waals surface area contributed by atoms with Crippen LogP contribution in [0.25, 0.3) is 11.0 Å². The van der Waals surface area contributed by atoms with Gasteiger partial charge in [-0.3, -0.25) is 4.79 Å². The Labute approximate surface area is 166 Å². The van der Waals surface area contributed by atoms with Crippen molar-refractivity contribution in [1.82, 2.24) is 15.2 Å². The predicted molar refractivity (Wildman–Crippen MR) is 104 cm³/mol. The molecule has 4 rings (SSSR count). The first-order valence-electron chi connectivity index (χ1n) is 9.17. The summed E-state index contributed by atoms with van der Waals surface area (Å²) in [5.41, 5.74) is 1.02. The molecule has 0 radical (unpaired) electrons. The highest BCUT2D eigenvalue weighted by Gasteiger charge is 2.26. The van der Waals surface area contributed by atoms with Crippen LogP contribution in [0.15, 0.2) is 52.0 Å². The van der Waals surface area contributed by atoms with Gasteiger partial charge in [0.25, 0.3) is 0 Å². The number of benzene rings is 2. The second-order valence-corrected chi connectivity index (χ2v) is 8.85. The number of para-hydroxylation sites is 1. The molecule has 0 saturated carbocycles. The fourth-order valence-corrected chi connectivity index (χ4v) is 4.81. The van der Waals surface area contributed by atoms with E-state index in [1.807, 2.05) is 4.90 Å². The van der Waals surface area contributed by atoms with Crippen molar-refractivity contribution in [1.29, 1.82) is 0 Å². The van der Waals surface area contributed by atoms with E-state index in [1.165, 1.54) is 12.1 Å². The van der Waals surface area contributed by atoms with Gasteiger partial charge in [-0.2, -0.15) is 0 Å². The lowest BCUT2D eigenvalue weighted by atomic mass is 10.2. The number of hydrogen-bond acceptors (Lipinski definition) is 7. The van der Waals surface area contributed by atoms with Gasteiger partial charge in [0.05, 0.1) is 16.3 Å². The molecule has 8 nitrogen and oxygen atoms in total. The Morgan fingerprint density at radius 3 is 2.55 bits per heavy atom. The molecule has 29 heavy (non-hydrogen) atoms. The molecule has 0 bridgehead atoms. The largest absolute Gasteiger partial charge is 0.366 e. The first-order valence-corrected chi connectivity index (χ1v) is 10.8. The molecule has 1 aromatic heterocycles. The zero-order chi connectivity index (χ0) is 20.4. The van der Waals surface area contributed by atoms with E-state index in [2.05, 4.69) is 14.9 Å². The third-order valence-corrected chi connectivity index (χ3v) is 6.74. The number of carbonyl (C=O) groups excluding carboxylic acids is 1. The van der Waals surface area contributed by atoms with E-state index >= 15 is 0 Å². The molecule has 0 atom stereocenters. The number of carbonyl (C=O) groups is 1. The van der Waals surface area contributed by atoms with Crippen molar-refractivity contribution in [2.45, 2.75) is 11.3 Å². The summed E-state index contributed by atoms with van der Waals surface area (Å²) in [6.45, 7) is 1.80. The van der Waals surface area contributed by atoms with Crippen molar-refractivity contribution < 1.29 is 22.2 Å². The number of amides is 1. The number of rotatable bonds is 5. The van der Waals surface area contributed by atoms with Crippen LogP contribution in [0.1, 0.15) is 6.42 Å². The standard InChI is InChI=1S/C19H19FN4O4S/c20-14-4-1-2-6-16(14)23-9-11-24(12-10-23)18(25)8-13-29(26,27)17-7-3-5-15-19(17)22-28-21-15/h1-7H,8-13H2. The maximum atomic E-state index is 13.9. The summed E-state index contributed by atoms with van der Waals surface area (Å²) in [6, 6.07) is 11.1. The summed E-state index contributed by atoms with van der Waals surface area (Å²) in [4.78, 5) is 16.0. The number of anilines is 1. The molecule has 1 amide bonds. The molecule has 0 unspecified atom stereocenters. The number of halogens is 1. The Bertz CT molecular complexity index is 1140. The fraction of sp³-hybridized carbons (Fsp3) is 0.316. The van der Waals surface area contributed by atoms with Gasteiger partial charge in [-0.1, -0.05) is 18.2 Å². The Morgan fingerprint density at radius 2 is 1.79 bits per heavy atom. The average Bonchev–Trinajstić information content (AvgIpc) is 3.21. The van der Waals surface area contributed by atoms with Gasteiger partial charge in [0, 0.05) is 32.6 Å². The smallest absolute Gasteiger partial charge is 0.223 e. The molecular weight excluding hydrogens is 399 g/mol. The van der Waals surface area contributed by atoms with Gasteiger partial charge in [0.15, 0.2) is 15.4 Å². The normalized spacial score (nSPS) is 15.1. The molecule has 1 aliphatic heterocycles. The summed E-state index contributed by atoms with van der Waals surface area (Å²) in [5, 5.41) is 7.29. The summed E-state index contributed by atoms with van der Waals surface area (Å²) >= 11 is 0. The Hall–Kier alpha value is -3.01. The summed E-state index contributed by atoms with van der Waals surface area (Å²) < 4.78 is 43.9. The van der Waals surface area contributed by atoms with Crippen LogP contribution in [-0.4, -0.2) is 61.5 Å². The van der Waals surface area contributed by atoms with Crippen LogP contribution in [0.5, 0.6) is 0 Å². The number of piperazine rings is 1. The first-order chi connectivity index (χ1) is 14.0. The Balaban J connectivity index is 1.37. The third kappa shape index (κ3) is 3.93. The number of sulfone groups is 1. The van der Waals surface area contributed by atoms with Crippen LogP contribution in [-0.2, 0) is 14.6 Å². The zero-order valence-electron chi connectivity index (χ0n) is 15.5. The van der Waals surface area contributed by atoms with E-state index in [9.17, 15) is 17.6 Å². The molecule has 0 spiro atoms. The summed E-state index contributed by atoms with van der Waals surface area (Å²) in [7, 11) is -3.72. The molecule has 2 aromatic carbocycles. The SMILES string of the molecule is O=C(CCS(=O)(=O)c1cccc2nonc12)N1CCN(c2ccccc2F)CC1. The van der Waals surface area contributed by atoms with Crippen molar-refractivity contribution in [2.75, 3.05) is 36.8 Å². The van der Waals surface area contributed by atoms with Crippen LogP contribution in [0.2, 0.25) is 0 Å². The van der Waals surface area contributed by atoms with Crippen LogP contribution >= 0.6 is 0 Å². The molecule has 152 valence electrons. The molecule has 1 aliphatic rings. The number of fused-ring (bicyclic) bond motifs is 1. The Morgan fingerprint density at radius 1 is 1.03 bits per heavy atom. The van der Waals surface area contributed by atoms with E-state index in [4.69, 9.17) is 0 Å². The maximum absolute atomic E-state index is 13.9. The van der Waals surface area contributed by atoms with E-state index in [-0.39, 0.29) is 34.3 Å². The quantitative estimate of drug-likeness (QED) is 0.624.